The molecule has 0 spiro atoms. The molecule has 0 saturated carbocycles. The van der Waals surface area contributed by atoms with Crippen molar-refractivity contribution in [3.05, 3.63) is 50.7 Å². The van der Waals surface area contributed by atoms with Gasteiger partial charge in [-0.05, 0) is 12.1 Å². The number of aromatic carboxylic acids is 1. The fraction of sp³-hybridized carbons (Fsp3) is 0.0833. The minimum atomic E-state index is -1.14. The highest BCUT2D eigenvalue weighted by molar-refractivity contribution is 7.09. The number of nitrogens with zero attached hydrogens (tertiary/aromatic N) is 1. The van der Waals surface area contributed by atoms with Crippen molar-refractivity contribution in [2.75, 3.05) is 0 Å². The minimum Gasteiger partial charge on any atom is -0.476 e. The SMILES string of the molecule is O=C(O)c1csc(CNC(=O)c2cccc(Cl)c2F)n1. The minimum absolute atomic E-state index is 0.0166. The number of thiazole rings is 1. The molecule has 0 aliphatic rings. The normalized spacial score (nSPS) is 10.3. The van der Waals surface area contributed by atoms with Crippen molar-refractivity contribution in [2.24, 2.45) is 0 Å². The van der Waals surface area contributed by atoms with E-state index in [9.17, 15) is 14.0 Å². The molecule has 0 aliphatic heterocycles. The van der Waals surface area contributed by atoms with Crippen molar-refractivity contribution in [3.8, 4) is 0 Å². The lowest BCUT2D eigenvalue weighted by Gasteiger charge is -2.05. The standard InChI is InChI=1S/C12H8ClFN2O3S/c13-7-3-1-2-6(10(7)14)11(17)15-4-9-16-8(5-20-9)12(18)19/h1-3,5H,4H2,(H,15,17)(H,18,19). The summed E-state index contributed by atoms with van der Waals surface area (Å²) in [4.78, 5) is 26.2. The topological polar surface area (TPSA) is 79.3 Å². The van der Waals surface area contributed by atoms with E-state index in [0.717, 1.165) is 11.3 Å². The Hall–Kier alpha value is -1.99. The Balaban J connectivity index is 2.05. The lowest BCUT2D eigenvalue weighted by atomic mass is 10.2. The molecule has 0 radical (unpaired) electrons. The summed E-state index contributed by atoms with van der Waals surface area (Å²) in [6, 6.07) is 4.11. The number of benzene rings is 1. The maximum Gasteiger partial charge on any atom is 0.355 e. The van der Waals surface area contributed by atoms with Crippen molar-refractivity contribution < 1.29 is 19.1 Å². The second kappa shape index (κ2) is 5.98. The quantitative estimate of drug-likeness (QED) is 0.909. The first-order valence-electron chi connectivity index (χ1n) is 5.39. The zero-order valence-electron chi connectivity index (χ0n) is 9.89. The zero-order chi connectivity index (χ0) is 14.7. The predicted octanol–water partition coefficient (Wildman–Crippen LogP) is 2.56. The lowest BCUT2D eigenvalue weighted by molar-refractivity contribution is 0.0691. The monoisotopic (exact) mass is 314 g/mol. The van der Waals surface area contributed by atoms with E-state index in [-0.39, 0.29) is 22.8 Å². The summed E-state index contributed by atoms with van der Waals surface area (Å²) in [6.07, 6.45) is 0. The van der Waals surface area contributed by atoms with Crippen LogP contribution in [-0.2, 0) is 6.54 Å². The molecule has 20 heavy (non-hydrogen) atoms. The summed E-state index contributed by atoms with van der Waals surface area (Å²) in [5.74, 6) is -2.58. The Bertz CT molecular complexity index is 674. The van der Waals surface area contributed by atoms with Gasteiger partial charge in [0.2, 0.25) is 0 Å². The van der Waals surface area contributed by atoms with E-state index in [1.54, 1.807) is 0 Å². The van der Waals surface area contributed by atoms with Crippen LogP contribution in [0.25, 0.3) is 0 Å². The average molecular weight is 315 g/mol. The number of carboxylic acid groups (broad SMARTS) is 1. The second-order valence-corrected chi connectivity index (χ2v) is 5.07. The highest BCUT2D eigenvalue weighted by atomic mass is 35.5. The molecule has 0 unspecified atom stereocenters. The first-order chi connectivity index (χ1) is 9.49. The predicted molar refractivity (Wildman–Crippen MR) is 71.7 cm³/mol. The summed E-state index contributed by atoms with van der Waals surface area (Å²) in [5, 5.41) is 12.8. The number of amides is 1. The third-order valence-electron chi connectivity index (χ3n) is 2.37. The van der Waals surface area contributed by atoms with Gasteiger partial charge in [-0.3, -0.25) is 4.79 Å². The van der Waals surface area contributed by atoms with Crippen LogP contribution in [0.5, 0.6) is 0 Å². The number of aromatic nitrogens is 1. The smallest absolute Gasteiger partial charge is 0.355 e. The van der Waals surface area contributed by atoms with E-state index in [1.807, 2.05) is 0 Å². The van der Waals surface area contributed by atoms with Crippen LogP contribution < -0.4 is 5.32 Å². The molecule has 1 aromatic heterocycles. The van der Waals surface area contributed by atoms with Gasteiger partial charge >= 0.3 is 5.97 Å². The average Bonchev–Trinajstić information content (AvgIpc) is 2.88. The number of hydrogen-bond acceptors (Lipinski definition) is 4. The van der Waals surface area contributed by atoms with E-state index < -0.39 is 17.7 Å². The van der Waals surface area contributed by atoms with E-state index in [0.29, 0.717) is 5.01 Å². The van der Waals surface area contributed by atoms with Crippen LogP contribution >= 0.6 is 22.9 Å². The maximum atomic E-state index is 13.6. The van der Waals surface area contributed by atoms with Gasteiger partial charge in [0.15, 0.2) is 11.5 Å². The third-order valence-corrected chi connectivity index (χ3v) is 3.51. The molecule has 2 aromatic rings. The van der Waals surface area contributed by atoms with Crippen LogP contribution in [0.4, 0.5) is 4.39 Å². The van der Waals surface area contributed by atoms with Gasteiger partial charge in [0.25, 0.3) is 5.91 Å². The van der Waals surface area contributed by atoms with Crippen LogP contribution in [0.3, 0.4) is 0 Å². The molecule has 1 heterocycles. The summed E-state index contributed by atoms with van der Waals surface area (Å²) >= 11 is 6.68. The van der Waals surface area contributed by atoms with Crippen LogP contribution in [-0.4, -0.2) is 22.0 Å². The Morgan fingerprint density at radius 3 is 2.85 bits per heavy atom. The highest BCUT2D eigenvalue weighted by Gasteiger charge is 2.15. The van der Waals surface area contributed by atoms with Crippen molar-refractivity contribution >= 4 is 34.8 Å². The molecule has 2 rings (SSSR count). The number of carbonyl (C=O) groups is 2. The van der Waals surface area contributed by atoms with Gasteiger partial charge in [-0.15, -0.1) is 11.3 Å². The summed E-state index contributed by atoms with van der Waals surface area (Å²) in [7, 11) is 0. The summed E-state index contributed by atoms with van der Waals surface area (Å²) in [5.41, 5.74) is -0.263. The molecular formula is C12H8ClFN2O3S. The number of hydrogen-bond donors (Lipinski definition) is 2. The molecular weight excluding hydrogens is 307 g/mol. The van der Waals surface area contributed by atoms with Crippen molar-refractivity contribution in [1.29, 1.82) is 0 Å². The first kappa shape index (κ1) is 14.4. The fourth-order valence-electron chi connectivity index (χ4n) is 1.42. The van der Waals surface area contributed by atoms with Crippen LogP contribution in [0.15, 0.2) is 23.6 Å². The third kappa shape index (κ3) is 3.12. The van der Waals surface area contributed by atoms with Gasteiger partial charge in [0.05, 0.1) is 17.1 Å². The zero-order valence-corrected chi connectivity index (χ0v) is 11.5. The number of nitrogens with one attached hydrogen (secondary N) is 1. The van der Waals surface area contributed by atoms with Gasteiger partial charge in [-0.2, -0.15) is 0 Å². The first-order valence-corrected chi connectivity index (χ1v) is 6.64. The molecule has 1 amide bonds. The molecule has 2 N–H and O–H groups in total. The molecule has 0 atom stereocenters. The van der Waals surface area contributed by atoms with Gasteiger partial charge in [0, 0.05) is 5.38 Å². The van der Waals surface area contributed by atoms with E-state index in [2.05, 4.69) is 10.3 Å². The number of rotatable bonds is 4. The van der Waals surface area contributed by atoms with Gasteiger partial charge < -0.3 is 10.4 Å². The number of halogens is 2. The second-order valence-electron chi connectivity index (χ2n) is 3.72. The Labute approximate surface area is 122 Å². The molecule has 0 bridgehead atoms. The Morgan fingerprint density at radius 1 is 1.45 bits per heavy atom. The lowest BCUT2D eigenvalue weighted by Crippen LogP contribution is -2.23. The largest absolute Gasteiger partial charge is 0.476 e. The molecule has 0 fully saturated rings. The molecule has 1 aromatic carbocycles. The van der Waals surface area contributed by atoms with Crippen LogP contribution in [0.1, 0.15) is 25.9 Å². The van der Waals surface area contributed by atoms with Gasteiger partial charge in [-0.1, -0.05) is 17.7 Å². The molecule has 8 heteroatoms. The van der Waals surface area contributed by atoms with E-state index in [4.69, 9.17) is 16.7 Å². The van der Waals surface area contributed by atoms with E-state index >= 15 is 0 Å². The van der Waals surface area contributed by atoms with Crippen molar-refractivity contribution in [2.45, 2.75) is 6.54 Å². The maximum absolute atomic E-state index is 13.6. The summed E-state index contributed by atoms with van der Waals surface area (Å²) < 4.78 is 13.6. The van der Waals surface area contributed by atoms with Gasteiger partial charge in [-0.25, -0.2) is 14.2 Å². The Kier molecular flexibility index (Phi) is 4.31. The van der Waals surface area contributed by atoms with Crippen LogP contribution in [0, 0.1) is 5.82 Å². The Morgan fingerprint density at radius 2 is 2.20 bits per heavy atom. The number of carbonyl (C=O) groups excluding carboxylic acids is 1. The van der Waals surface area contributed by atoms with Gasteiger partial charge in [0.1, 0.15) is 5.01 Å². The molecule has 0 saturated heterocycles. The number of carboxylic acids is 1. The fourth-order valence-corrected chi connectivity index (χ4v) is 2.30. The van der Waals surface area contributed by atoms with E-state index in [1.165, 1.54) is 23.6 Å². The molecule has 0 aliphatic carbocycles. The highest BCUT2D eigenvalue weighted by Crippen LogP contribution is 2.18. The van der Waals surface area contributed by atoms with Crippen molar-refractivity contribution in [3.63, 3.8) is 0 Å². The molecule has 104 valence electrons. The summed E-state index contributed by atoms with van der Waals surface area (Å²) in [6.45, 7) is 0.0166. The molecule has 5 nitrogen and oxygen atoms in total. The van der Waals surface area contributed by atoms with Crippen molar-refractivity contribution in [1.82, 2.24) is 10.3 Å². The van der Waals surface area contributed by atoms with Crippen LogP contribution in [0.2, 0.25) is 5.02 Å².